The van der Waals surface area contributed by atoms with Crippen molar-refractivity contribution in [3.05, 3.63) is 192 Å². The number of amides is 4. The van der Waals surface area contributed by atoms with Crippen molar-refractivity contribution in [3.8, 4) is 67.5 Å². The van der Waals surface area contributed by atoms with Crippen molar-refractivity contribution >= 4 is 47.5 Å². The van der Waals surface area contributed by atoms with Crippen LogP contribution in [0.4, 0.5) is 17.6 Å². The zero-order valence-corrected chi connectivity index (χ0v) is 53.9. The van der Waals surface area contributed by atoms with Crippen LogP contribution in [0.3, 0.4) is 0 Å². The molecule has 4 aromatic carbocycles. The van der Waals surface area contributed by atoms with E-state index in [9.17, 15) is 76.3 Å². The first-order chi connectivity index (χ1) is 39.9. The zero-order valence-electron chi connectivity index (χ0n) is 46.7. The fourth-order valence-corrected chi connectivity index (χ4v) is 6.44. The molecule has 0 fully saturated rings. The van der Waals surface area contributed by atoms with Crippen molar-refractivity contribution in [1.82, 2.24) is 41.9 Å². The molecule has 0 saturated carbocycles. The van der Waals surface area contributed by atoms with Gasteiger partial charge in [0, 0.05) is 58.0 Å². The van der Waals surface area contributed by atoms with Crippen LogP contribution in [0.1, 0.15) is 69.6 Å². The molecule has 0 aliphatic rings. The van der Waals surface area contributed by atoms with Crippen molar-refractivity contribution in [2.24, 2.45) is 0 Å². The van der Waals surface area contributed by atoms with Gasteiger partial charge in [-0.25, -0.2) is 22.5 Å². The molecule has 432 valence electrons. The maximum atomic E-state index is 13.1. The van der Waals surface area contributed by atoms with Gasteiger partial charge < -0.3 is 39.8 Å². The third-order valence-electron chi connectivity index (χ3n) is 10.1. The Morgan fingerprint density at radius 1 is 0.368 bits per heavy atom. The summed E-state index contributed by atoms with van der Waals surface area (Å²) in [5.74, 6) is -10.7. The summed E-state index contributed by atoms with van der Waals surface area (Å²) in [6, 6.07) is 27.3. The van der Waals surface area contributed by atoms with Crippen LogP contribution in [0.5, 0.6) is 23.0 Å². The number of hydrogen-bond acceptors (Lipinski definition) is 20. The molecule has 5 N–H and O–H groups in total. The maximum Gasteiger partial charge on any atom is 1.00 e. The molecule has 4 amide bonds. The molecule has 31 heteroatoms. The molecule has 0 aliphatic heterocycles. The Balaban J connectivity index is 0.000000391. The van der Waals surface area contributed by atoms with E-state index in [0.717, 1.165) is 45.9 Å². The quantitative estimate of drug-likeness (QED) is 0.0423. The molecule has 0 radical (unpaired) electrons. The molecule has 4 aromatic heterocycles. The van der Waals surface area contributed by atoms with Gasteiger partial charge in [-0.2, -0.15) is 21.9 Å². The second kappa shape index (κ2) is 36.7. The van der Waals surface area contributed by atoms with Crippen molar-refractivity contribution in [2.45, 2.75) is 27.7 Å². The van der Waals surface area contributed by atoms with E-state index in [1.807, 2.05) is 5.48 Å². The second-order valence-electron chi connectivity index (χ2n) is 16.4. The summed E-state index contributed by atoms with van der Waals surface area (Å²) in [7, 11) is 0. The maximum absolute atomic E-state index is 13.1. The minimum atomic E-state index is -0.930. The van der Waals surface area contributed by atoms with E-state index in [1.54, 1.807) is 40.7 Å². The Bertz CT molecular complexity index is 3320. The first kappa shape index (κ1) is 74.9. The molecular formula is C56H41F4KN8Na2O16. The Hall–Kier alpha value is -8.20. The smallest absolute Gasteiger partial charge is 0.871 e. The van der Waals surface area contributed by atoms with Crippen LogP contribution in [0.15, 0.2) is 146 Å². The Labute approximate surface area is 576 Å². The molecule has 0 bridgehead atoms. The van der Waals surface area contributed by atoms with Crippen molar-refractivity contribution in [3.63, 3.8) is 0 Å². The Morgan fingerprint density at radius 2 is 0.586 bits per heavy atom. The van der Waals surface area contributed by atoms with Gasteiger partial charge in [0.15, 0.2) is 5.69 Å². The number of hydroxylamine groups is 4. The monoisotopic (exact) mass is 1240 g/mol. The van der Waals surface area contributed by atoms with Crippen LogP contribution in [-0.4, -0.2) is 72.5 Å². The van der Waals surface area contributed by atoms with Crippen LogP contribution in [0.25, 0.3) is 44.5 Å². The number of nitrogens with zero attached hydrogens (tertiary/aromatic N) is 4. The topological polar surface area (TPSA) is 363 Å². The SMILES string of the molecule is CC(=O)ONC(=O)c1ncc(-c2cccc(F)c2)cc1O.CC(=O)ONC(=O)c1ncc(-c2cccc(F)c2)cc1[O-].CC(=O)ONC(=O)c1ncc(-c2cccc(F)c2)cc1[O-].CC(=O)ONC(=O)c1ncc(-c2cccc(F)c2)cc1[O-].[K+].[Na+].[Na+]. The predicted octanol–water partition coefficient (Wildman–Crippen LogP) is -3.68. The van der Waals surface area contributed by atoms with Gasteiger partial charge in [-0.05, 0) is 93.5 Å². The molecule has 87 heavy (non-hydrogen) atoms. The van der Waals surface area contributed by atoms with E-state index in [1.165, 1.54) is 104 Å². The van der Waals surface area contributed by atoms with Gasteiger partial charge >= 0.3 is 158 Å². The number of carbonyl (C=O) groups excluding carboxylic acids is 8. The molecule has 0 saturated heterocycles. The van der Waals surface area contributed by atoms with Crippen LogP contribution in [0.2, 0.25) is 0 Å². The first-order valence-corrected chi connectivity index (χ1v) is 23.5. The summed E-state index contributed by atoms with van der Waals surface area (Å²) in [4.78, 5) is 121. The number of aromatic nitrogens is 4. The third kappa shape index (κ3) is 24.2. The van der Waals surface area contributed by atoms with Crippen molar-refractivity contribution < 1.29 is 206 Å². The largest absolute Gasteiger partial charge is 1.00 e. The molecular weight excluding hydrogens is 1200 g/mol. The summed E-state index contributed by atoms with van der Waals surface area (Å²) >= 11 is 0. The molecule has 8 rings (SSSR count). The number of carbonyl (C=O) groups is 8. The van der Waals surface area contributed by atoms with Crippen LogP contribution >= 0.6 is 0 Å². The first-order valence-electron chi connectivity index (χ1n) is 23.5. The summed E-state index contributed by atoms with van der Waals surface area (Å²) < 4.78 is 52.5. The average molecular weight is 1240 g/mol. The summed E-state index contributed by atoms with van der Waals surface area (Å²) in [5.41, 5.74) is 9.13. The molecule has 0 spiro atoms. The Morgan fingerprint density at radius 3 is 0.793 bits per heavy atom. The van der Waals surface area contributed by atoms with Gasteiger partial charge in [0.05, 0.1) is 0 Å². The molecule has 0 aliphatic carbocycles. The minimum absolute atomic E-state index is 0. The number of rotatable bonds is 8. The summed E-state index contributed by atoms with van der Waals surface area (Å²) in [5, 5.41) is 45.3. The fourth-order valence-electron chi connectivity index (χ4n) is 6.44. The molecule has 4 heterocycles. The number of halogens is 4. The van der Waals surface area contributed by atoms with E-state index < -0.39 is 111 Å². The third-order valence-corrected chi connectivity index (χ3v) is 10.1. The second-order valence-corrected chi connectivity index (χ2v) is 16.4. The van der Waals surface area contributed by atoms with E-state index in [2.05, 4.69) is 39.3 Å². The minimum Gasteiger partial charge on any atom is -0.871 e. The van der Waals surface area contributed by atoms with Crippen LogP contribution in [0, 0.1) is 23.3 Å². The number of benzene rings is 4. The van der Waals surface area contributed by atoms with Gasteiger partial charge in [-0.3, -0.25) is 53.3 Å². The van der Waals surface area contributed by atoms with Crippen molar-refractivity contribution in [2.75, 3.05) is 0 Å². The fraction of sp³-hybridized carbons (Fsp3) is 0.0714. The molecule has 24 nitrogen and oxygen atoms in total. The van der Waals surface area contributed by atoms with Gasteiger partial charge in [-0.1, -0.05) is 84.0 Å². The molecule has 0 unspecified atom stereocenters. The normalized spacial score (nSPS) is 9.66. The van der Waals surface area contributed by atoms with Gasteiger partial charge in [-0.15, -0.1) is 0 Å². The van der Waals surface area contributed by atoms with Gasteiger partial charge in [0.25, 0.3) is 0 Å². The number of aromatic hydroxyl groups is 1. The summed E-state index contributed by atoms with van der Waals surface area (Å²) in [6.07, 6.45) is 5.09. The average Bonchev–Trinajstić information content (AvgIpc) is 3.28. The van der Waals surface area contributed by atoms with E-state index >= 15 is 0 Å². The van der Waals surface area contributed by atoms with Crippen LogP contribution in [-0.2, 0) is 38.5 Å². The standard InChI is InChI=1S/4C14H11FN2O4.K.2Na/c4*1-8(18)21-17-14(20)13-12(19)6-10(7-16-13)9-3-2-4-11(15)5-9;;;/h4*2-7,19H,1H3,(H,17,20);;;/q;;;;3*+1/p-3. The number of pyridine rings is 4. The molecule has 0 atom stereocenters. The number of nitrogens with one attached hydrogen (secondary N) is 4. The zero-order chi connectivity index (χ0) is 61.6. The number of hydrogen-bond donors (Lipinski definition) is 5. The Kier molecular flexibility index (Phi) is 31.6. The van der Waals surface area contributed by atoms with E-state index in [0.29, 0.717) is 44.5 Å². The summed E-state index contributed by atoms with van der Waals surface area (Å²) in [6.45, 7) is 4.40. The van der Waals surface area contributed by atoms with Gasteiger partial charge in [0.2, 0.25) is 0 Å². The van der Waals surface area contributed by atoms with E-state index in [-0.39, 0.29) is 116 Å². The van der Waals surface area contributed by atoms with Crippen molar-refractivity contribution in [1.29, 1.82) is 0 Å². The molecule has 8 aromatic rings. The van der Waals surface area contributed by atoms with E-state index in [4.69, 9.17) is 0 Å². The van der Waals surface area contributed by atoms with Crippen LogP contribution < -0.4 is 148 Å². The predicted molar refractivity (Wildman–Crippen MR) is 275 cm³/mol. The van der Waals surface area contributed by atoms with Gasteiger partial charge in [0.1, 0.15) is 46.1 Å².